The van der Waals surface area contributed by atoms with Crippen molar-refractivity contribution in [1.29, 1.82) is 0 Å². The molecule has 0 fully saturated rings. The number of fused-ring (bicyclic) bond motifs is 1. The van der Waals surface area contributed by atoms with Crippen molar-refractivity contribution in [1.82, 2.24) is 4.98 Å². The summed E-state index contributed by atoms with van der Waals surface area (Å²) in [5.74, 6) is 0.198. The lowest BCUT2D eigenvalue weighted by molar-refractivity contribution is 0.143. The van der Waals surface area contributed by atoms with E-state index >= 15 is 0 Å². The van der Waals surface area contributed by atoms with E-state index in [1.165, 1.54) is 0 Å². The predicted molar refractivity (Wildman–Crippen MR) is 76.8 cm³/mol. The van der Waals surface area contributed by atoms with E-state index in [0.717, 1.165) is 16.5 Å². The number of aromatic nitrogens is 1. The third-order valence-corrected chi connectivity index (χ3v) is 3.04. The van der Waals surface area contributed by atoms with Crippen LogP contribution < -0.4 is 10.5 Å². The highest BCUT2D eigenvalue weighted by molar-refractivity contribution is 6.01. The SMILES string of the molecule is Nc1ccc2[nH]c(OC(=O)O)c(-c3ccccc3)c2c1. The van der Waals surface area contributed by atoms with E-state index in [1.54, 1.807) is 18.2 Å². The van der Waals surface area contributed by atoms with Gasteiger partial charge in [0.1, 0.15) is 0 Å². The van der Waals surface area contributed by atoms with Crippen molar-refractivity contribution >= 4 is 22.7 Å². The number of hydrogen-bond donors (Lipinski definition) is 3. The molecule has 0 aliphatic carbocycles. The van der Waals surface area contributed by atoms with Crippen molar-refractivity contribution in [2.75, 3.05) is 5.73 Å². The maximum atomic E-state index is 10.8. The van der Waals surface area contributed by atoms with Gasteiger partial charge >= 0.3 is 6.16 Å². The van der Waals surface area contributed by atoms with Crippen molar-refractivity contribution < 1.29 is 14.6 Å². The van der Waals surface area contributed by atoms with E-state index in [-0.39, 0.29) is 5.88 Å². The van der Waals surface area contributed by atoms with Crippen LogP contribution in [0.2, 0.25) is 0 Å². The van der Waals surface area contributed by atoms with Gasteiger partial charge in [-0.3, -0.25) is 0 Å². The Kier molecular flexibility index (Phi) is 2.80. The molecule has 0 spiro atoms. The quantitative estimate of drug-likeness (QED) is 0.490. The van der Waals surface area contributed by atoms with Crippen LogP contribution in [-0.4, -0.2) is 16.2 Å². The smallest absolute Gasteiger partial charge is 0.449 e. The number of carboxylic acid groups (broad SMARTS) is 1. The molecular weight excluding hydrogens is 256 g/mol. The maximum absolute atomic E-state index is 10.8. The minimum absolute atomic E-state index is 0.198. The molecule has 100 valence electrons. The van der Waals surface area contributed by atoms with Gasteiger partial charge in [0.05, 0.1) is 5.56 Å². The van der Waals surface area contributed by atoms with Gasteiger partial charge in [0.2, 0.25) is 5.88 Å². The fraction of sp³-hybridized carbons (Fsp3) is 0. The second-order valence-corrected chi connectivity index (χ2v) is 4.37. The Morgan fingerprint density at radius 3 is 2.60 bits per heavy atom. The average Bonchev–Trinajstić information content (AvgIpc) is 2.76. The fourth-order valence-corrected chi connectivity index (χ4v) is 2.24. The molecule has 1 aromatic heterocycles. The van der Waals surface area contributed by atoms with Crippen LogP contribution in [0.1, 0.15) is 0 Å². The third-order valence-electron chi connectivity index (χ3n) is 3.04. The topological polar surface area (TPSA) is 88.3 Å². The Bertz CT molecular complexity index is 778. The molecule has 0 aliphatic heterocycles. The number of rotatable bonds is 2. The second kappa shape index (κ2) is 4.62. The van der Waals surface area contributed by atoms with Crippen LogP contribution in [0.25, 0.3) is 22.0 Å². The molecule has 0 atom stereocenters. The summed E-state index contributed by atoms with van der Waals surface area (Å²) in [6.07, 6.45) is -1.36. The highest BCUT2D eigenvalue weighted by Crippen LogP contribution is 2.38. The monoisotopic (exact) mass is 268 g/mol. The molecule has 5 nitrogen and oxygen atoms in total. The molecule has 3 rings (SSSR count). The maximum Gasteiger partial charge on any atom is 0.512 e. The van der Waals surface area contributed by atoms with Crippen LogP contribution in [0.4, 0.5) is 10.5 Å². The fourth-order valence-electron chi connectivity index (χ4n) is 2.24. The number of H-pyrrole nitrogens is 1. The summed E-state index contributed by atoms with van der Waals surface area (Å²) >= 11 is 0. The Morgan fingerprint density at radius 1 is 1.15 bits per heavy atom. The van der Waals surface area contributed by atoms with Gasteiger partial charge in [-0.15, -0.1) is 0 Å². The van der Waals surface area contributed by atoms with Crippen LogP contribution in [0.15, 0.2) is 48.5 Å². The minimum atomic E-state index is -1.36. The lowest BCUT2D eigenvalue weighted by Crippen LogP contribution is -2.03. The molecule has 0 saturated carbocycles. The summed E-state index contributed by atoms with van der Waals surface area (Å²) in [5, 5.41) is 9.68. The van der Waals surface area contributed by atoms with Crippen molar-refractivity contribution in [2.24, 2.45) is 0 Å². The second-order valence-electron chi connectivity index (χ2n) is 4.37. The zero-order chi connectivity index (χ0) is 14.1. The van der Waals surface area contributed by atoms with Gasteiger partial charge in [0.25, 0.3) is 0 Å². The molecular formula is C15H12N2O3. The van der Waals surface area contributed by atoms with Crippen LogP contribution in [0.5, 0.6) is 5.88 Å². The first-order valence-electron chi connectivity index (χ1n) is 6.02. The van der Waals surface area contributed by atoms with Crippen LogP contribution in [-0.2, 0) is 0 Å². The molecule has 20 heavy (non-hydrogen) atoms. The highest BCUT2D eigenvalue weighted by atomic mass is 16.7. The number of carbonyl (C=O) groups is 1. The van der Waals surface area contributed by atoms with E-state index in [0.29, 0.717) is 11.3 Å². The van der Waals surface area contributed by atoms with Gasteiger partial charge in [-0.1, -0.05) is 30.3 Å². The molecule has 0 unspecified atom stereocenters. The number of aromatic amines is 1. The summed E-state index contributed by atoms with van der Waals surface area (Å²) in [6.45, 7) is 0. The number of nitrogen functional groups attached to an aromatic ring is 1. The Balaban J connectivity index is 2.30. The van der Waals surface area contributed by atoms with Crippen LogP contribution in [0, 0.1) is 0 Å². The van der Waals surface area contributed by atoms with E-state index in [2.05, 4.69) is 4.98 Å². The van der Waals surface area contributed by atoms with Crippen molar-refractivity contribution in [3.63, 3.8) is 0 Å². The first kappa shape index (κ1) is 12.1. The molecule has 5 heteroatoms. The highest BCUT2D eigenvalue weighted by Gasteiger charge is 2.17. The number of anilines is 1. The van der Waals surface area contributed by atoms with E-state index < -0.39 is 6.16 Å². The Morgan fingerprint density at radius 2 is 1.90 bits per heavy atom. The standard InChI is InChI=1S/C15H12N2O3/c16-10-6-7-12-11(8-10)13(9-4-2-1-3-5-9)14(17-12)20-15(18)19/h1-8,17H,16H2,(H,18,19). The van der Waals surface area contributed by atoms with Crippen molar-refractivity contribution in [2.45, 2.75) is 0 Å². The molecule has 0 bridgehead atoms. The van der Waals surface area contributed by atoms with Crippen molar-refractivity contribution in [3.8, 4) is 17.0 Å². The molecule has 0 saturated heterocycles. The lowest BCUT2D eigenvalue weighted by atomic mass is 10.0. The van der Waals surface area contributed by atoms with Gasteiger partial charge in [-0.25, -0.2) is 4.79 Å². The van der Waals surface area contributed by atoms with Gasteiger partial charge in [0.15, 0.2) is 0 Å². The Labute approximate surface area is 114 Å². The van der Waals surface area contributed by atoms with Gasteiger partial charge < -0.3 is 20.6 Å². The van der Waals surface area contributed by atoms with E-state index in [9.17, 15) is 4.79 Å². The first-order chi connectivity index (χ1) is 9.65. The zero-order valence-electron chi connectivity index (χ0n) is 10.5. The zero-order valence-corrected chi connectivity index (χ0v) is 10.5. The largest absolute Gasteiger partial charge is 0.512 e. The van der Waals surface area contributed by atoms with E-state index in [1.807, 2.05) is 30.3 Å². The molecule has 3 aromatic rings. The molecule has 2 aromatic carbocycles. The number of ether oxygens (including phenoxy) is 1. The first-order valence-corrected chi connectivity index (χ1v) is 6.02. The molecule has 4 N–H and O–H groups in total. The van der Waals surface area contributed by atoms with Gasteiger partial charge in [-0.05, 0) is 23.8 Å². The summed E-state index contributed by atoms with van der Waals surface area (Å²) < 4.78 is 4.84. The summed E-state index contributed by atoms with van der Waals surface area (Å²) in [4.78, 5) is 13.8. The molecule has 0 aliphatic rings. The normalized spacial score (nSPS) is 10.6. The van der Waals surface area contributed by atoms with Crippen LogP contribution in [0.3, 0.4) is 0 Å². The van der Waals surface area contributed by atoms with E-state index in [4.69, 9.17) is 15.6 Å². The number of benzene rings is 2. The van der Waals surface area contributed by atoms with Crippen LogP contribution >= 0.6 is 0 Å². The predicted octanol–water partition coefficient (Wildman–Crippen LogP) is 3.47. The molecule has 0 amide bonds. The minimum Gasteiger partial charge on any atom is -0.449 e. The van der Waals surface area contributed by atoms with Crippen molar-refractivity contribution in [3.05, 3.63) is 48.5 Å². The third kappa shape index (κ3) is 2.05. The summed E-state index contributed by atoms with van der Waals surface area (Å²) in [5.41, 5.74) is 8.74. The lowest BCUT2D eigenvalue weighted by Gasteiger charge is -2.03. The molecule has 0 radical (unpaired) electrons. The van der Waals surface area contributed by atoms with Gasteiger partial charge in [-0.2, -0.15) is 0 Å². The summed E-state index contributed by atoms with van der Waals surface area (Å²) in [6, 6.07) is 14.8. The van der Waals surface area contributed by atoms with Gasteiger partial charge in [0, 0.05) is 16.6 Å². The Hall–Kier alpha value is -2.95. The molecule has 1 heterocycles. The number of hydrogen-bond acceptors (Lipinski definition) is 3. The number of nitrogens with one attached hydrogen (secondary N) is 1. The average molecular weight is 268 g/mol. The summed E-state index contributed by atoms with van der Waals surface area (Å²) in [7, 11) is 0. The number of nitrogens with two attached hydrogens (primary N) is 1.